The number of carbonyl (C=O) groups is 1. The third kappa shape index (κ3) is 1.90. The van der Waals surface area contributed by atoms with Crippen LogP contribution < -0.4 is 0 Å². The third-order valence-corrected chi connectivity index (χ3v) is 3.31. The molecule has 0 spiro atoms. The van der Waals surface area contributed by atoms with Crippen molar-refractivity contribution in [1.29, 1.82) is 0 Å². The van der Waals surface area contributed by atoms with Gasteiger partial charge in [-0.2, -0.15) is 0 Å². The van der Waals surface area contributed by atoms with Gasteiger partial charge in [-0.05, 0) is 13.3 Å². The Morgan fingerprint density at radius 1 is 1.67 bits per heavy atom. The molecule has 0 amide bonds. The molecule has 0 saturated carbocycles. The molecule has 9 heavy (non-hydrogen) atoms. The minimum atomic E-state index is -1.04. The molecule has 3 heteroatoms. The van der Waals surface area contributed by atoms with Gasteiger partial charge in [0.05, 0.1) is 4.75 Å². The van der Waals surface area contributed by atoms with E-state index in [2.05, 4.69) is 0 Å². The molecule has 0 bridgehead atoms. The lowest BCUT2D eigenvalue weighted by Gasteiger charge is -2.16. The number of aldehydes is 1. The quantitative estimate of drug-likeness (QED) is 0.553. The van der Waals surface area contributed by atoms with E-state index in [0.717, 1.165) is 6.29 Å². The second-order valence-corrected chi connectivity index (χ2v) is 4.08. The molecule has 2 atom stereocenters. The maximum absolute atomic E-state index is 10.8. The van der Waals surface area contributed by atoms with Crippen LogP contribution in [0.3, 0.4) is 0 Å². The highest BCUT2D eigenvalue weighted by molar-refractivity contribution is 7.86. The van der Waals surface area contributed by atoms with Crippen molar-refractivity contribution in [2.24, 2.45) is 0 Å². The van der Waals surface area contributed by atoms with Gasteiger partial charge in [0.25, 0.3) is 0 Å². The Balaban J connectivity index is 4.27. The summed E-state index contributed by atoms with van der Waals surface area (Å²) in [6, 6.07) is 0. The summed E-state index contributed by atoms with van der Waals surface area (Å²) in [4.78, 5) is 10.3. The van der Waals surface area contributed by atoms with Crippen molar-refractivity contribution < 1.29 is 9.00 Å². The Hall–Kier alpha value is -0.180. The molecule has 0 fully saturated rings. The fourth-order valence-electron chi connectivity index (χ4n) is 0.354. The van der Waals surface area contributed by atoms with Crippen LogP contribution >= 0.6 is 0 Å². The first kappa shape index (κ1) is 8.82. The zero-order chi connectivity index (χ0) is 7.49. The smallest absolute Gasteiger partial charge is 0.138 e. The van der Waals surface area contributed by atoms with E-state index in [1.54, 1.807) is 13.2 Å². The number of rotatable bonds is 3. The lowest BCUT2D eigenvalue weighted by atomic mass is 10.1. The van der Waals surface area contributed by atoms with Crippen LogP contribution in [0, 0.1) is 0 Å². The summed E-state index contributed by atoms with van der Waals surface area (Å²) in [5.41, 5.74) is 0. The average molecular weight is 148 g/mol. The van der Waals surface area contributed by atoms with Crippen LogP contribution in [0.2, 0.25) is 0 Å². The molecule has 0 aliphatic carbocycles. The Morgan fingerprint density at radius 2 is 2.11 bits per heavy atom. The van der Waals surface area contributed by atoms with E-state index in [0.29, 0.717) is 6.42 Å². The molecule has 0 aromatic heterocycles. The highest BCUT2D eigenvalue weighted by Crippen LogP contribution is 2.12. The first-order valence-electron chi connectivity index (χ1n) is 2.86. The predicted molar refractivity (Wildman–Crippen MR) is 38.8 cm³/mol. The molecule has 0 saturated heterocycles. The van der Waals surface area contributed by atoms with Crippen LogP contribution in [0.25, 0.3) is 0 Å². The van der Waals surface area contributed by atoms with Gasteiger partial charge in [-0.1, -0.05) is 6.92 Å². The monoisotopic (exact) mass is 148 g/mol. The molecule has 2 nitrogen and oxygen atoms in total. The van der Waals surface area contributed by atoms with Crippen LogP contribution in [0.15, 0.2) is 0 Å². The Bertz CT molecular complexity index is 133. The lowest BCUT2D eigenvalue weighted by Crippen LogP contribution is -2.30. The molecule has 0 aromatic rings. The molecule has 2 unspecified atom stereocenters. The van der Waals surface area contributed by atoms with Crippen molar-refractivity contribution in [3.8, 4) is 0 Å². The second kappa shape index (κ2) is 3.11. The Labute approximate surface area is 58.1 Å². The maximum atomic E-state index is 10.8. The van der Waals surface area contributed by atoms with Gasteiger partial charge in [-0.25, -0.2) is 0 Å². The van der Waals surface area contributed by atoms with Crippen LogP contribution in [0.5, 0.6) is 0 Å². The van der Waals surface area contributed by atoms with E-state index in [-0.39, 0.29) is 0 Å². The standard InChI is InChI=1S/C6H12O2S/c1-4-6(2,5-7)9(3)8/h5H,4H2,1-3H3. The molecule has 0 heterocycles. The van der Waals surface area contributed by atoms with Gasteiger partial charge in [0.1, 0.15) is 6.29 Å². The fraction of sp³-hybridized carbons (Fsp3) is 0.833. The summed E-state index contributed by atoms with van der Waals surface area (Å²) >= 11 is 0. The first-order valence-corrected chi connectivity index (χ1v) is 4.42. The number of carbonyl (C=O) groups excluding carboxylic acids is 1. The third-order valence-electron chi connectivity index (χ3n) is 1.61. The topological polar surface area (TPSA) is 34.1 Å². The molecule has 0 radical (unpaired) electrons. The van der Waals surface area contributed by atoms with E-state index in [9.17, 15) is 9.00 Å². The van der Waals surface area contributed by atoms with Crippen molar-refractivity contribution in [2.75, 3.05) is 6.26 Å². The second-order valence-electron chi connectivity index (χ2n) is 2.24. The van der Waals surface area contributed by atoms with Crippen LogP contribution in [0.1, 0.15) is 20.3 Å². The maximum Gasteiger partial charge on any atom is 0.138 e. The first-order chi connectivity index (χ1) is 4.06. The van der Waals surface area contributed by atoms with E-state index in [1.807, 2.05) is 6.92 Å². The molecule has 0 aliphatic rings. The molecule has 0 aliphatic heterocycles. The summed E-state index contributed by atoms with van der Waals surface area (Å²) < 4.78 is 10.2. The van der Waals surface area contributed by atoms with E-state index >= 15 is 0 Å². The van der Waals surface area contributed by atoms with E-state index in [1.165, 1.54) is 0 Å². The fourth-order valence-corrected chi connectivity index (χ4v) is 0.896. The zero-order valence-corrected chi connectivity index (χ0v) is 6.83. The van der Waals surface area contributed by atoms with Crippen LogP contribution in [-0.4, -0.2) is 21.5 Å². The van der Waals surface area contributed by atoms with Crippen molar-refractivity contribution in [3.63, 3.8) is 0 Å². The Morgan fingerprint density at radius 3 is 2.11 bits per heavy atom. The summed E-state index contributed by atoms with van der Waals surface area (Å²) in [5.74, 6) is 0. The number of hydrogen-bond acceptors (Lipinski definition) is 2. The van der Waals surface area contributed by atoms with Gasteiger partial charge < -0.3 is 4.79 Å². The molecule has 0 aromatic carbocycles. The zero-order valence-electron chi connectivity index (χ0n) is 6.01. The highest BCUT2D eigenvalue weighted by Gasteiger charge is 2.25. The molecule has 0 rings (SSSR count). The summed E-state index contributed by atoms with van der Waals surface area (Å²) in [5, 5.41) is 0. The summed E-state index contributed by atoms with van der Waals surface area (Å²) in [6.45, 7) is 3.56. The number of hydrogen-bond donors (Lipinski definition) is 0. The van der Waals surface area contributed by atoms with Crippen molar-refractivity contribution >= 4 is 17.1 Å². The molecule has 54 valence electrons. The molecule has 0 N–H and O–H groups in total. The molecular formula is C6H12O2S. The molecular weight excluding hydrogens is 136 g/mol. The van der Waals surface area contributed by atoms with Gasteiger partial charge in [0.15, 0.2) is 0 Å². The predicted octanol–water partition coefficient (Wildman–Crippen LogP) is 0.733. The summed E-state index contributed by atoms with van der Waals surface area (Å²) in [6.07, 6.45) is 2.96. The minimum Gasteiger partial charge on any atom is -0.302 e. The van der Waals surface area contributed by atoms with E-state index in [4.69, 9.17) is 0 Å². The lowest BCUT2D eigenvalue weighted by molar-refractivity contribution is -0.109. The van der Waals surface area contributed by atoms with Gasteiger partial charge in [-0.15, -0.1) is 0 Å². The van der Waals surface area contributed by atoms with Crippen molar-refractivity contribution in [1.82, 2.24) is 0 Å². The van der Waals surface area contributed by atoms with Crippen molar-refractivity contribution in [3.05, 3.63) is 0 Å². The van der Waals surface area contributed by atoms with Crippen molar-refractivity contribution in [2.45, 2.75) is 25.0 Å². The van der Waals surface area contributed by atoms with Gasteiger partial charge in [0.2, 0.25) is 0 Å². The van der Waals surface area contributed by atoms with E-state index < -0.39 is 15.5 Å². The van der Waals surface area contributed by atoms with Gasteiger partial charge in [0, 0.05) is 17.1 Å². The van der Waals surface area contributed by atoms with Gasteiger partial charge in [-0.3, -0.25) is 4.21 Å². The van der Waals surface area contributed by atoms with Gasteiger partial charge >= 0.3 is 0 Å². The minimum absolute atomic E-state index is 0.625. The largest absolute Gasteiger partial charge is 0.302 e. The Kier molecular flexibility index (Phi) is 3.04. The SMILES string of the molecule is CCC(C)(C=O)S(C)=O. The summed E-state index contributed by atoms with van der Waals surface area (Å²) in [7, 11) is -1.04. The highest BCUT2D eigenvalue weighted by atomic mass is 32.2. The van der Waals surface area contributed by atoms with Crippen LogP contribution in [-0.2, 0) is 15.6 Å². The average Bonchev–Trinajstić information content (AvgIpc) is 1.86. The normalized spacial score (nSPS) is 20.3. The van der Waals surface area contributed by atoms with Crippen LogP contribution in [0.4, 0.5) is 0 Å².